The molecular formula is C15H11ClN2O. The molecule has 3 rings (SSSR count). The number of aromatic nitrogens is 2. The predicted octanol–water partition coefficient (Wildman–Crippen LogP) is 4.14. The Morgan fingerprint density at radius 1 is 1.16 bits per heavy atom. The standard InChI is InChI=1S/C15H11ClN2O/c1-10-3-2-4-11(5-10)13-6-12-8-17-9-18-14(12)7-15(13)19-16/h2-9H,1H3. The topological polar surface area (TPSA) is 35.0 Å². The van der Waals surface area contributed by atoms with Gasteiger partial charge in [0.1, 0.15) is 18.2 Å². The van der Waals surface area contributed by atoms with Crippen molar-refractivity contribution in [3.8, 4) is 16.9 Å². The molecule has 0 radical (unpaired) electrons. The summed E-state index contributed by atoms with van der Waals surface area (Å²) in [6, 6.07) is 12.0. The van der Waals surface area contributed by atoms with Crippen molar-refractivity contribution in [1.29, 1.82) is 0 Å². The van der Waals surface area contributed by atoms with Crippen LogP contribution in [0, 0.1) is 6.92 Å². The first-order valence-corrected chi connectivity index (χ1v) is 6.18. The fourth-order valence-corrected chi connectivity index (χ4v) is 2.24. The Kier molecular flexibility index (Phi) is 3.05. The summed E-state index contributed by atoms with van der Waals surface area (Å²) in [7, 11) is 0. The molecule has 4 heteroatoms. The van der Waals surface area contributed by atoms with Crippen LogP contribution in [0.15, 0.2) is 48.9 Å². The van der Waals surface area contributed by atoms with Crippen molar-refractivity contribution in [2.24, 2.45) is 0 Å². The van der Waals surface area contributed by atoms with Crippen molar-refractivity contribution >= 4 is 22.8 Å². The number of aryl methyl sites for hydroxylation is 1. The highest BCUT2D eigenvalue weighted by Gasteiger charge is 2.09. The zero-order chi connectivity index (χ0) is 13.2. The predicted molar refractivity (Wildman–Crippen MR) is 76.2 cm³/mol. The molecule has 0 aliphatic rings. The van der Waals surface area contributed by atoms with E-state index in [1.807, 2.05) is 24.3 Å². The van der Waals surface area contributed by atoms with Gasteiger partial charge in [0.15, 0.2) is 5.75 Å². The summed E-state index contributed by atoms with van der Waals surface area (Å²) in [5.74, 6) is 0.596. The largest absolute Gasteiger partial charge is 0.385 e. The minimum absolute atomic E-state index is 0.596. The lowest BCUT2D eigenvalue weighted by Crippen LogP contribution is -1.88. The summed E-state index contributed by atoms with van der Waals surface area (Å²) >= 11 is 5.58. The number of nitrogens with zero attached hydrogens (tertiary/aromatic N) is 2. The first-order valence-electron chi connectivity index (χ1n) is 5.87. The van der Waals surface area contributed by atoms with Gasteiger partial charge in [-0.05, 0) is 18.6 Å². The molecule has 1 aromatic heterocycles. The lowest BCUT2D eigenvalue weighted by atomic mass is 10.0. The van der Waals surface area contributed by atoms with E-state index in [-0.39, 0.29) is 0 Å². The van der Waals surface area contributed by atoms with Crippen LogP contribution in [0.3, 0.4) is 0 Å². The average Bonchev–Trinajstić information content (AvgIpc) is 2.46. The molecule has 0 bridgehead atoms. The van der Waals surface area contributed by atoms with E-state index in [0.29, 0.717) is 5.75 Å². The lowest BCUT2D eigenvalue weighted by molar-refractivity contribution is 0.622. The quantitative estimate of drug-likeness (QED) is 0.702. The molecule has 1 heterocycles. The minimum atomic E-state index is 0.596. The van der Waals surface area contributed by atoms with Crippen LogP contribution in [0.4, 0.5) is 0 Å². The molecule has 0 saturated heterocycles. The van der Waals surface area contributed by atoms with Crippen LogP contribution in [0.5, 0.6) is 5.75 Å². The van der Waals surface area contributed by atoms with Gasteiger partial charge in [0.2, 0.25) is 0 Å². The second kappa shape index (κ2) is 4.86. The highest BCUT2D eigenvalue weighted by molar-refractivity contribution is 6.10. The van der Waals surface area contributed by atoms with Crippen LogP contribution in [0.25, 0.3) is 22.0 Å². The molecule has 0 amide bonds. The van der Waals surface area contributed by atoms with Crippen LogP contribution in [0.2, 0.25) is 0 Å². The van der Waals surface area contributed by atoms with E-state index < -0.39 is 0 Å². The third-order valence-electron chi connectivity index (χ3n) is 3.02. The Morgan fingerprint density at radius 3 is 2.84 bits per heavy atom. The van der Waals surface area contributed by atoms with Gasteiger partial charge in [-0.25, -0.2) is 9.97 Å². The number of halogens is 1. The van der Waals surface area contributed by atoms with Gasteiger partial charge in [-0.3, -0.25) is 0 Å². The smallest absolute Gasteiger partial charge is 0.156 e. The SMILES string of the molecule is Cc1cccc(-c2cc3cncnc3cc2OCl)c1. The molecule has 0 aliphatic heterocycles. The minimum Gasteiger partial charge on any atom is -0.385 e. The number of benzene rings is 2. The van der Waals surface area contributed by atoms with E-state index in [4.69, 9.17) is 16.2 Å². The van der Waals surface area contributed by atoms with E-state index in [2.05, 4.69) is 29.0 Å². The third kappa shape index (κ3) is 2.25. The number of hydrogen-bond acceptors (Lipinski definition) is 3. The molecule has 0 spiro atoms. The Bertz CT molecular complexity index is 743. The second-order valence-electron chi connectivity index (χ2n) is 4.38. The summed E-state index contributed by atoms with van der Waals surface area (Å²) in [6.45, 7) is 2.05. The van der Waals surface area contributed by atoms with Gasteiger partial charge < -0.3 is 4.29 Å². The van der Waals surface area contributed by atoms with Gasteiger partial charge in [0, 0.05) is 23.2 Å². The fourth-order valence-electron chi connectivity index (χ4n) is 2.11. The number of fused-ring (bicyclic) bond motifs is 1. The summed E-state index contributed by atoms with van der Waals surface area (Å²) in [6.07, 6.45) is 3.28. The van der Waals surface area contributed by atoms with Crippen LogP contribution in [0.1, 0.15) is 5.56 Å². The van der Waals surface area contributed by atoms with Crippen molar-refractivity contribution in [1.82, 2.24) is 9.97 Å². The summed E-state index contributed by atoms with van der Waals surface area (Å²) < 4.78 is 4.96. The normalized spacial score (nSPS) is 10.6. The molecule has 0 unspecified atom stereocenters. The monoisotopic (exact) mass is 270 g/mol. The maximum atomic E-state index is 5.58. The number of rotatable bonds is 2. The van der Waals surface area contributed by atoms with Crippen molar-refractivity contribution in [3.05, 3.63) is 54.5 Å². The summed E-state index contributed by atoms with van der Waals surface area (Å²) in [5, 5.41) is 0.955. The van der Waals surface area contributed by atoms with Gasteiger partial charge in [-0.15, -0.1) is 0 Å². The lowest BCUT2D eigenvalue weighted by Gasteiger charge is -2.09. The Hall–Kier alpha value is -2.13. The highest BCUT2D eigenvalue weighted by Crippen LogP contribution is 2.34. The molecule has 2 aromatic carbocycles. The van der Waals surface area contributed by atoms with Gasteiger partial charge in [0.25, 0.3) is 0 Å². The zero-order valence-corrected chi connectivity index (χ0v) is 11.1. The zero-order valence-electron chi connectivity index (χ0n) is 10.3. The van der Waals surface area contributed by atoms with Crippen molar-refractivity contribution in [2.45, 2.75) is 6.92 Å². The highest BCUT2D eigenvalue weighted by atomic mass is 35.5. The first kappa shape index (κ1) is 11.9. The third-order valence-corrected chi connectivity index (χ3v) is 3.18. The van der Waals surface area contributed by atoms with Crippen molar-refractivity contribution < 1.29 is 4.29 Å². The van der Waals surface area contributed by atoms with Gasteiger partial charge >= 0.3 is 0 Å². The second-order valence-corrected chi connectivity index (χ2v) is 4.53. The molecular weight excluding hydrogens is 260 g/mol. The van der Waals surface area contributed by atoms with Crippen molar-refractivity contribution in [3.63, 3.8) is 0 Å². The summed E-state index contributed by atoms with van der Waals surface area (Å²) in [4.78, 5) is 8.23. The molecule has 0 aliphatic carbocycles. The van der Waals surface area contributed by atoms with E-state index >= 15 is 0 Å². The molecule has 0 N–H and O–H groups in total. The first-order chi connectivity index (χ1) is 9.28. The molecule has 0 atom stereocenters. The molecule has 94 valence electrons. The maximum Gasteiger partial charge on any atom is 0.156 e. The molecule has 19 heavy (non-hydrogen) atoms. The van der Waals surface area contributed by atoms with E-state index in [1.165, 1.54) is 11.9 Å². The van der Waals surface area contributed by atoms with Crippen LogP contribution < -0.4 is 4.29 Å². The van der Waals surface area contributed by atoms with Crippen LogP contribution in [-0.4, -0.2) is 9.97 Å². The van der Waals surface area contributed by atoms with E-state index in [9.17, 15) is 0 Å². The average molecular weight is 271 g/mol. The molecule has 0 saturated carbocycles. The van der Waals surface area contributed by atoms with Gasteiger partial charge in [-0.1, -0.05) is 29.8 Å². The number of hydrogen-bond donors (Lipinski definition) is 0. The fraction of sp³-hybridized carbons (Fsp3) is 0.0667. The van der Waals surface area contributed by atoms with E-state index in [0.717, 1.165) is 22.0 Å². The maximum absolute atomic E-state index is 5.58. The van der Waals surface area contributed by atoms with Gasteiger partial charge in [0.05, 0.1) is 5.52 Å². The van der Waals surface area contributed by atoms with Crippen LogP contribution in [-0.2, 0) is 0 Å². The van der Waals surface area contributed by atoms with Crippen LogP contribution >= 0.6 is 11.9 Å². The molecule has 3 aromatic rings. The van der Waals surface area contributed by atoms with Gasteiger partial charge in [-0.2, -0.15) is 0 Å². The molecule has 3 nitrogen and oxygen atoms in total. The van der Waals surface area contributed by atoms with Crippen molar-refractivity contribution in [2.75, 3.05) is 0 Å². The summed E-state index contributed by atoms with van der Waals surface area (Å²) in [5.41, 5.74) is 3.98. The Labute approximate surface area is 116 Å². The Morgan fingerprint density at radius 2 is 2.05 bits per heavy atom. The van der Waals surface area contributed by atoms with E-state index in [1.54, 1.807) is 6.20 Å². The Balaban J connectivity index is 2.27. The molecule has 0 fully saturated rings.